The molecule has 1 atom stereocenters. The summed E-state index contributed by atoms with van der Waals surface area (Å²) in [5.74, 6) is 0.729. The Kier molecular flexibility index (Phi) is 3.00. The van der Waals surface area contributed by atoms with Gasteiger partial charge in [-0.2, -0.15) is 0 Å². The number of hydrogen-bond donors (Lipinski definition) is 1. The third-order valence-electron chi connectivity index (χ3n) is 3.01. The first kappa shape index (κ1) is 10.6. The fourth-order valence-electron chi connectivity index (χ4n) is 1.77. The van der Waals surface area contributed by atoms with Crippen LogP contribution in [0.1, 0.15) is 36.7 Å². The Morgan fingerprint density at radius 3 is 2.80 bits per heavy atom. The van der Waals surface area contributed by atoms with Crippen molar-refractivity contribution in [1.82, 2.24) is 5.32 Å². The van der Waals surface area contributed by atoms with Crippen molar-refractivity contribution in [3.8, 4) is 0 Å². The predicted molar refractivity (Wildman–Crippen MR) is 58.0 cm³/mol. The van der Waals surface area contributed by atoms with Gasteiger partial charge in [0.25, 0.3) is 5.91 Å². The minimum absolute atomic E-state index is 0.179. The van der Waals surface area contributed by atoms with E-state index in [1.165, 1.54) is 19.3 Å². The molecular formula is C11H14ClNO2. The third kappa shape index (κ3) is 2.34. The van der Waals surface area contributed by atoms with Crippen molar-refractivity contribution < 1.29 is 9.21 Å². The summed E-state index contributed by atoms with van der Waals surface area (Å²) in [7, 11) is 0. The van der Waals surface area contributed by atoms with Crippen LogP contribution in [0.2, 0.25) is 5.22 Å². The fourth-order valence-corrected chi connectivity index (χ4v) is 1.92. The maximum absolute atomic E-state index is 11.6. The molecule has 1 fully saturated rings. The van der Waals surface area contributed by atoms with E-state index < -0.39 is 0 Å². The van der Waals surface area contributed by atoms with E-state index in [0.29, 0.717) is 5.92 Å². The Morgan fingerprint density at radius 2 is 2.33 bits per heavy atom. The molecule has 0 saturated heterocycles. The molecule has 3 nitrogen and oxygen atoms in total. The van der Waals surface area contributed by atoms with Gasteiger partial charge in [-0.3, -0.25) is 4.79 Å². The number of halogens is 1. The number of carbonyl (C=O) groups is 1. The molecule has 0 aromatic carbocycles. The van der Waals surface area contributed by atoms with E-state index in [0.717, 1.165) is 0 Å². The summed E-state index contributed by atoms with van der Waals surface area (Å²) in [5, 5.41) is 3.17. The Balaban J connectivity index is 1.91. The highest BCUT2D eigenvalue weighted by molar-refractivity contribution is 6.29. The first-order valence-electron chi connectivity index (χ1n) is 5.23. The number of rotatable bonds is 3. The predicted octanol–water partition coefficient (Wildman–Crippen LogP) is 2.85. The second kappa shape index (κ2) is 4.27. The molecule has 2 rings (SSSR count). The number of carbonyl (C=O) groups excluding carboxylic acids is 1. The van der Waals surface area contributed by atoms with E-state index in [1.807, 2.05) is 6.92 Å². The normalized spacial score (nSPS) is 18.3. The lowest BCUT2D eigenvalue weighted by molar-refractivity contribution is 0.0881. The average Bonchev–Trinajstić information content (AvgIpc) is 2.48. The van der Waals surface area contributed by atoms with Crippen molar-refractivity contribution in [2.75, 3.05) is 0 Å². The lowest BCUT2D eigenvalue weighted by atomic mass is 9.80. The van der Waals surface area contributed by atoms with Gasteiger partial charge in [0.2, 0.25) is 0 Å². The van der Waals surface area contributed by atoms with Crippen LogP contribution in [-0.2, 0) is 0 Å². The summed E-state index contributed by atoms with van der Waals surface area (Å²) in [5.41, 5.74) is 0. The molecule has 1 aromatic heterocycles. The molecule has 1 unspecified atom stereocenters. The number of nitrogens with one attached hydrogen (secondary N) is 1. The molecule has 15 heavy (non-hydrogen) atoms. The lowest BCUT2D eigenvalue weighted by Crippen LogP contribution is -2.40. The van der Waals surface area contributed by atoms with Crippen LogP contribution in [0, 0.1) is 5.92 Å². The van der Waals surface area contributed by atoms with Gasteiger partial charge in [0, 0.05) is 6.04 Å². The SMILES string of the molecule is CC(NC(=O)c1ccc(Cl)o1)C1CCC1. The van der Waals surface area contributed by atoms with E-state index >= 15 is 0 Å². The fraction of sp³-hybridized carbons (Fsp3) is 0.545. The van der Waals surface area contributed by atoms with Gasteiger partial charge in [-0.15, -0.1) is 0 Å². The topological polar surface area (TPSA) is 42.2 Å². The molecule has 1 aliphatic rings. The lowest BCUT2D eigenvalue weighted by Gasteiger charge is -2.31. The van der Waals surface area contributed by atoms with E-state index in [1.54, 1.807) is 12.1 Å². The van der Waals surface area contributed by atoms with Crippen molar-refractivity contribution in [1.29, 1.82) is 0 Å². The maximum atomic E-state index is 11.6. The maximum Gasteiger partial charge on any atom is 0.287 e. The average molecular weight is 228 g/mol. The number of amides is 1. The van der Waals surface area contributed by atoms with Gasteiger partial charge in [-0.25, -0.2) is 0 Å². The molecule has 0 radical (unpaired) electrons. The van der Waals surface area contributed by atoms with Gasteiger partial charge >= 0.3 is 0 Å². The largest absolute Gasteiger partial charge is 0.440 e. The third-order valence-corrected chi connectivity index (χ3v) is 3.22. The molecule has 1 aliphatic carbocycles. The van der Waals surface area contributed by atoms with Gasteiger partial charge < -0.3 is 9.73 Å². The molecule has 82 valence electrons. The minimum Gasteiger partial charge on any atom is -0.440 e. The van der Waals surface area contributed by atoms with Crippen LogP contribution in [0.3, 0.4) is 0 Å². The van der Waals surface area contributed by atoms with Crippen LogP contribution in [0.4, 0.5) is 0 Å². The molecule has 0 aliphatic heterocycles. The van der Waals surface area contributed by atoms with Crippen molar-refractivity contribution in [2.45, 2.75) is 32.2 Å². The van der Waals surface area contributed by atoms with Gasteiger partial charge in [-0.1, -0.05) is 6.42 Å². The van der Waals surface area contributed by atoms with Crippen LogP contribution in [0.25, 0.3) is 0 Å². The van der Waals surface area contributed by atoms with E-state index in [9.17, 15) is 4.79 Å². The Morgan fingerprint density at radius 1 is 1.60 bits per heavy atom. The molecule has 1 amide bonds. The monoisotopic (exact) mass is 227 g/mol. The zero-order chi connectivity index (χ0) is 10.8. The molecule has 1 heterocycles. The zero-order valence-corrected chi connectivity index (χ0v) is 9.38. The van der Waals surface area contributed by atoms with Crippen molar-refractivity contribution in [2.24, 2.45) is 5.92 Å². The highest BCUT2D eigenvalue weighted by Crippen LogP contribution is 2.29. The summed E-state index contributed by atoms with van der Waals surface area (Å²) in [6.45, 7) is 2.03. The first-order chi connectivity index (χ1) is 7.16. The highest BCUT2D eigenvalue weighted by Gasteiger charge is 2.25. The van der Waals surface area contributed by atoms with Crippen molar-refractivity contribution in [3.05, 3.63) is 23.1 Å². The smallest absolute Gasteiger partial charge is 0.287 e. The van der Waals surface area contributed by atoms with Crippen LogP contribution >= 0.6 is 11.6 Å². The standard InChI is InChI=1S/C11H14ClNO2/c1-7(8-3-2-4-8)13-11(14)9-5-6-10(12)15-9/h5-8H,2-4H2,1H3,(H,13,14). The van der Waals surface area contributed by atoms with E-state index in [-0.39, 0.29) is 22.9 Å². The van der Waals surface area contributed by atoms with E-state index in [4.69, 9.17) is 16.0 Å². The van der Waals surface area contributed by atoms with Crippen LogP contribution in [0.5, 0.6) is 0 Å². The first-order valence-corrected chi connectivity index (χ1v) is 5.61. The second-order valence-corrected chi connectivity index (χ2v) is 4.43. The summed E-state index contributed by atoms with van der Waals surface area (Å²) >= 11 is 5.60. The molecule has 1 saturated carbocycles. The van der Waals surface area contributed by atoms with Crippen LogP contribution in [0.15, 0.2) is 16.5 Å². The summed E-state index contributed by atoms with van der Waals surface area (Å²) < 4.78 is 5.03. The van der Waals surface area contributed by atoms with Crippen LogP contribution in [-0.4, -0.2) is 11.9 Å². The molecule has 0 spiro atoms. The second-order valence-electron chi connectivity index (χ2n) is 4.06. The van der Waals surface area contributed by atoms with Gasteiger partial charge in [0.1, 0.15) is 0 Å². The van der Waals surface area contributed by atoms with Gasteiger partial charge in [0.05, 0.1) is 0 Å². The van der Waals surface area contributed by atoms with E-state index in [2.05, 4.69) is 5.32 Å². The summed E-state index contributed by atoms with van der Waals surface area (Å²) in [6.07, 6.45) is 3.69. The molecule has 1 aromatic rings. The number of furan rings is 1. The zero-order valence-electron chi connectivity index (χ0n) is 8.63. The van der Waals surface area contributed by atoms with Crippen molar-refractivity contribution >= 4 is 17.5 Å². The quantitative estimate of drug-likeness (QED) is 0.863. The summed E-state index contributed by atoms with van der Waals surface area (Å²) in [6, 6.07) is 3.38. The Bertz CT molecular complexity index is 357. The summed E-state index contributed by atoms with van der Waals surface area (Å²) in [4.78, 5) is 11.6. The minimum atomic E-state index is -0.179. The Hall–Kier alpha value is -0.960. The molecule has 1 N–H and O–H groups in total. The molecule has 0 bridgehead atoms. The van der Waals surface area contributed by atoms with Crippen molar-refractivity contribution in [3.63, 3.8) is 0 Å². The number of hydrogen-bond acceptors (Lipinski definition) is 2. The Labute approximate surface area is 93.8 Å². The van der Waals surface area contributed by atoms with Gasteiger partial charge in [-0.05, 0) is 49.4 Å². The van der Waals surface area contributed by atoms with Crippen LogP contribution < -0.4 is 5.32 Å². The molecule has 4 heteroatoms. The highest BCUT2D eigenvalue weighted by atomic mass is 35.5. The van der Waals surface area contributed by atoms with Gasteiger partial charge in [0.15, 0.2) is 11.0 Å². The molecular weight excluding hydrogens is 214 g/mol.